The summed E-state index contributed by atoms with van der Waals surface area (Å²) in [6.07, 6.45) is 10.2. The maximum Gasteiger partial charge on any atom is 0.0688 e. The lowest BCUT2D eigenvalue weighted by atomic mass is 9.79. The molecule has 20 heavy (non-hydrogen) atoms. The van der Waals surface area contributed by atoms with E-state index in [2.05, 4.69) is 23.5 Å². The molecule has 0 bridgehead atoms. The van der Waals surface area contributed by atoms with E-state index >= 15 is 0 Å². The summed E-state index contributed by atoms with van der Waals surface area (Å²) < 4.78 is 6.20. The molecule has 1 aromatic rings. The number of rotatable bonds is 1. The largest absolute Gasteiger partial charge is 0.385 e. The zero-order chi connectivity index (χ0) is 13.4. The van der Waals surface area contributed by atoms with Crippen molar-refractivity contribution >= 4 is 5.69 Å². The zero-order valence-electron chi connectivity index (χ0n) is 12.3. The minimum atomic E-state index is 0.223. The Labute approximate surface area is 121 Å². The Hall–Kier alpha value is -1.02. The number of benzene rings is 1. The van der Waals surface area contributed by atoms with Gasteiger partial charge in [0.2, 0.25) is 0 Å². The van der Waals surface area contributed by atoms with Crippen LogP contribution in [0.4, 0.5) is 5.69 Å². The summed E-state index contributed by atoms with van der Waals surface area (Å²) in [4.78, 5) is 0. The Morgan fingerprint density at radius 2 is 2.05 bits per heavy atom. The fourth-order valence-electron chi connectivity index (χ4n) is 4.54. The fourth-order valence-corrected chi connectivity index (χ4v) is 4.54. The second kappa shape index (κ2) is 5.07. The Morgan fingerprint density at radius 3 is 2.95 bits per heavy atom. The molecule has 1 saturated heterocycles. The standard InChI is InChI=1S/C18H25NO/c1-2-10-18(9-1)13-15(8-12-20-18)16-7-3-5-14-6-4-11-19-17(14)16/h3,5,7,15,19H,1-2,4,6,8-13H2. The highest BCUT2D eigenvalue weighted by Gasteiger charge is 2.40. The summed E-state index contributed by atoms with van der Waals surface area (Å²) in [5, 5.41) is 3.67. The first-order valence-corrected chi connectivity index (χ1v) is 8.36. The van der Waals surface area contributed by atoms with Crippen LogP contribution in [0.5, 0.6) is 0 Å². The molecule has 0 aromatic heterocycles. The Morgan fingerprint density at radius 1 is 1.15 bits per heavy atom. The molecular formula is C18H25NO. The molecule has 0 radical (unpaired) electrons. The molecule has 2 aliphatic heterocycles. The topological polar surface area (TPSA) is 21.3 Å². The molecule has 0 amide bonds. The van der Waals surface area contributed by atoms with Gasteiger partial charge >= 0.3 is 0 Å². The smallest absolute Gasteiger partial charge is 0.0688 e. The van der Waals surface area contributed by atoms with E-state index in [0.717, 1.165) is 13.2 Å². The second-order valence-corrected chi connectivity index (χ2v) is 6.84. The van der Waals surface area contributed by atoms with Crippen molar-refractivity contribution in [3.8, 4) is 0 Å². The number of ether oxygens (including phenoxy) is 1. The monoisotopic (exact) mass is 271 g/mol. The maximum atomic E-state index is 6.20. The zero-order valence-corrected chi connectivity index (χ0v) is 12.3. The molecule has 4 rings (SSSR count). The van der Waals surface area contributed by atoms with Crippen LogP contribution in [0.15, 0.2) is 18.2 Å². The first-order valence-electron chi connectivity index (χ1n) is 8.36. The van der Waals surface area contributed by atoms with Crippen molar-refractivity contribution in [1.82, 2.24) is 0 Å². The van der Waals surface area contributed by atoms with E-state index in [-0.39, 0.29) is 5.60 Å². The van der Waals surface area contributed by atoms with Crippen LogP contribution in [0.3, 0.4) is 0 Å². The highest BCUT2D eigenvalue weighted by Crippen LogP contribution is 2.47. The predicted octanol–water partition coefficient (Wildman–Crippen LogP) is 4.25. The molecule has 2 heteroatoms. The van der Waals surface area contributed by atoms with Gasteiger partial charge in [0.25, 0.3) is 0 Å². The van der Waals surface area contributed by atoms with Crippen LogP contribution in [-0.4, -0.2) is 18.8 Å². The first kappa shape index (κ1) is 12.7. The average Bonchev–Trinajstić information content (AvgIpc) is 2.94. The van der Waals surface area contributed by atoms with Gasteiger partial charge in [-0.25, -0.2) is 0 Å². The van der Waals surface area contributed by atoms with E-state index in [4.69, 9.17) is 4.74 Å². The number of fused-ring (bicyclic) bond motifs is 1. The van der Waals surface area contributed by atoms with Crippen LogP contribution in [0, 0.1) is 0 Å². The van der Waals surface area contributed by atoms with Crippen LogP contribution >= 0.6 is 0 Å². The van der Waals surface area contributed by atoms with Crippen LogP contribution in [0.2, 0.25) is 0 Å². The van der Waals surface area contributed by atoms with E-state index in [9.17, 15) is 0 Å². The summed E-state index contributed by atoms with van der Waals surface area (Å²) in [7, 11) is 0. The SMILES string of the molecule is c1cc2c(c(C3CCOC4(CCCC4)C3)c1)NCCC2. The van der Waals surface area contributed by atoms with Gasteiger partial charge in [-0.15, -0.1) is 0 Å². The number of hydrogen-bond donors (Lipinski definition) is 1. The first-order chi connectivity index (χ1) is 9.86. The van der Waals surface area contributed by atoms with Crippen molar-refractivity contribution in [2.45, 2.75) is 62.9 Å². The van der Waals surface area contributed by atoms with Crippen LogP contribution in [0.1, 0.15) is 62.0 Å². The van der Waals surface area contributed by atoms with Gasteiger partial charge in [0, 0.05) is 18.8 Å². The van der Waals surface area contributed by atoms with E-state index in [1.807, 2.05) is 0 Å². The Balaban J connectivity index is 1.64. The third kappa shape index (κ3) is 2.14. The maximum absolute atomic E-state index is 6.20. The second-order valence-electron chi connectivity index (χ2n) is 6.84. The summed E-state index contributed by atoms with van der Waals surface area (Å²) >= 11 is 0. The van der Waals surface area contributed by atoms with Gasteiger partial charge in [0.1, 0.15) is 0 Å². The van der Waals surface area contributed by atoms with Gasteiger partial charge in [-0.05, 0) is 55.6 Å². The number of aryl methyl sites for hydroxylation is 1. The van der Waals surface area contributed by atoms with E-state index in [1.54, 1.807) is 5.56 Å². The molecular weight excluding hydrogens is 246 g/mol. The number of nitrogens with one attached hydrogen (secondary N) is 1. The molecule has 3 aliphatic rings. The number of para-hydroxylation sites is 1. The molecule has 1 saturated carbocycles. The van der Waals surface area contributed by atoms with Gasteiger partial charge in [-0.3, -0.25) is 0 Å². The third-order valence-electron chi connectivity index (χ3n) is 5.56. The molecule has 1 N–H and O–H groups in total. The van der Waals surface area contributed by atoms with Crippen molar-refractivity contribution in [1.29, 1.82) is 0 Å². The summed E-state index contributed by atoms with van der Waals surface area (Å²) in [5.41, 5.74) is 4.77. The molecule has 1 spiro atoms. The highest BCUT2D eigenvalue weighted by molar-refractivity contribution is 5.60. The van der Waals surface area contributed by atoms with Gasteiger partial charge in [0.15, 0.2) is 0 Å². The molecule has 1 aliphatic carbocycles. The lowest BCUT2D eigenvalue weighted by molar-refractivity contribution is -0.0803. The van der Waals surface area contributed by atoms with Gasteiger partial charge < -0.3 is 10.1 Å². The van der Waals surface area contributed by atoms with Crippen molar-refractivity contribution in [2.75, 3.05) is 18.5 Å². The minimum Gasteiger partial charge on any atom is -0.385 e. The number of hydrogen-bond acceptors (Lipinski definition) is 2. The molecule has 2 fully saturated rings. The van der Waals surface area contributed by atoms with E-state index in [1.165, 1.54) is 62.6 Å². The molecule has 2 heterocycles. The van der Waals surface area contributed by atoms with Crippen molar-refractivity contribution < 1.29 is 4.74 Å². The highest BCUT2D eigenvalue weighted by atomic mass is 16.5. The predicted molar refractivity (Wildman–Crippen MR) is 82.4 cm³/mol. The molecule has 108 valence electrons. The summed E-state index contributed by atoms with van der Waals surface area (Å²) in [6.45, 7) is 2.09. The van der Waals surface area contributed by atoms with Crippen molar-refractivity contribution in [3.05, 3.63) is 29.3 Å². The van der Waals surface area contributed by atoms with Crippen molar-refractivity contribution in [2.24, 2.45) is 0 Å². The van der Waals surface area contributed by atoms with Crippen LogP contribution in [-0.2, 0) is 11.2 Å². The quantitative estimate of drug-likeness (QED) is 0.824. The molecule has 1 aromatic carbocycles. The van der Waals surface area contributed by atoms with Gasteiger partial charge in [-0.1, -0.05) is 31.0 Å². The molecule has 2 nitrogen and oxygen atoms in total. The fraction of sp³-hybridized carbons (Fsp3) is 0.667. The van der Waals surface area contributed by atoms with Crippen LogP contribution in [0.25, 0.3) is 0 Å². The van der Waals surface area contributed by atoms with Crippen LogP contribution < -0.4 is 5.32 Å². The number of anilines is 1. The summed E-state index contributed by atoms with van der Waals surface area (Å²) in [5.74, 6) is 0.697. The summed E-state index contributed by atoms with van der Waals surface area (Å²) in [6, 6.07) is 6.92. The Bertz CT molecular complexity index is 490. The normalized spacial score (nSPS) is 28.1. The lowest BCUT2D eigenvalue weighted by Gasteiger charge is -2.39. The lowest BCUT2D eigenvalue weighted by Crippen LogP contribution is -2.36. The Kier molecular flexibility index (Phi) is 3.22. The average molecular weight is 271 g/mol. The van der Waals surface area contributed by atoms with Crippen molar-refractivity contribution in [3.63, 3.8) is 0 Å². The molecule has 1 unspecified atom stereocenters. The minimum absolute atomic E-state index is 0.223. The molecule has 1 atom stereocenters. The van der Waals surface area contributed by atoms with Gasteiger partial charge in [-0.2, -0.15) is 0 Å². The van der Waals surface area contributed by atoms with E-state index < -0.39 is 0 Å². The third-order valence-corrected chi connectivity index (χ3v) is 5.56. The van der Waals surface area contributed by atoms with Gasteiger partial charge in [0.05, 0.1) is 5.60 Å². The van der Waals surface area contributed by atoms with E-state index in [0.29, 0.717) is 5.92 Å².